The number of fused-ring (bicyclic) bond motifs is 2. The van der Waals surface area contributed by atoms with Crippen molar-refractivity contribution in [2.75, 3.05) is 0 Å². The van der Waals surface area contributed by atoms with E-state index < -0.39 is 0 Å². The molecule has 0 bridgehead atoms. The normalized spacial score (nSPS) is 11.3. The zero-order valence-corrected chi connectivity index (χ0v) is 13.1. The van der Waals surface area contributed by atoms with Crippen LogP contribution in [0.4, 0.5) is 0 Å². The minimum atomic E-state index is 0.0596. The van der Waals surface area contributed by atoms with E-state index in [0.29, 0.717) is 10.4 Å². The molecule has 1 aromatic heterocycles. The molecule has 0 fully saturated rings. The molecule has 102 valence electrons. The third kappa shape index (κ3) is 1.95. The van der Waals surface area contributed by atoms with E-state index in [-0.39, 0.29) is 5.43 Å². The van der Waals surface area contributed by atoms with E-state index in [4.69, 9.17) is 11.6 Å². The minimum Gasteiger partial charge on any atom is -0.288 e. The maximum absolute atomic E-state index is 12.8. The van der Waals surface area contributed by atoms with Crippen LogP contribution in [-0.2, 0) is 12.8 Å². The van der Waals surface area contributed by atoms with Crippen LogP contribution in [0.5, 0.6) is 0 Å². The lowest BCUT2D eigenvalue weighted by Crippen LogP contribution is -2.04. The van der Waals surface area contributed by atoms with Gasteiger partial charge in [0.25, 0.3) is 0 Å². The molecule has 1 nitrogen and oxygen atoms in total. The van der Waals surface area contributed by atoms with E-state index in [1.807, 2.05) is 24.3 Å². The summed E-state index contributed by atoms with van der Waals surface area (Å²) in [5, 5.41) is 2.10. The van der Waals surface area contributed by atoms with Gasteiger partial charge in [-0.1, -0.05) is 43.6 Å². The summed E-state index contributed by atoms with van der Waals surface area (Å²) >= 11 is 8.15. The van der Waals surface area contributed by atoms with Gasteiger partial charge in [0.1, 0.15) is 0 Å². The molecule has 3 heteroatoms. The van der Waals surface area contributed by atoms with Crippen molar-refractivity contribution in [2.24, 2.45) is 0 Å². The van der Waals surface area contributed by atoms with Crippen LogP contribution in [0, 0.1) is 0 Å². The summed E-state index contributed by atoms with van der Waals surface area (Å²) < 4.78 is 2.07. The van der Waals surface area contributed by atoms with Gasteiger partial charge in [0.05, 0.1) is 10.4 Å². The highest BCUT2D eigenvalue weighted by molar-refractivity contribution is 7.24. The molecule has 0 aliphatic carbocycles. The molecule has 1 heterocycles. The first-order valence-electron chi connectivity index (χ1n) is 6.83. The fraction of sp³-hybridized carbons (Fsp3) is 0.235. The van der Waals surface area contributed by atoms with Gasteiger partial charge in [-0.3, -0.25) is 4.79 Å². The maximum atomic E-state index is 12.8. The zero-order chi connectivity index (χ0) is 14.3. The quantitative estimate of drug-likeness (QED) is 0.595. The summed E-state index contributed by atoms with van der Waals surface area (Å²) in [5.74, 6) is 0. The Bertz CT molecular complexity index is 864. The van der Waals surface area contributed by atoms with Crippen LogP contribution >= 0.6 is 22.9 Å². The van der Waals surface area contributed by atoms with Crippen LogP contribution in [0.25, 0.3) is 20.2 Å². The van der Waals surface area contributed by atoms with E-state index in [2.05, 4.69) is 19.9 Å². The third-order valence-corrected chi connectivity index (χ3v) is 5.38. The van der Waals surface area contributed by atoms with Crippen LogP contribution in [0.3, 0.4) is 0 Å². The van der Waals surface area contributed by atoms with Crippen molar-refractivity contribution in [1.29, 1.82) is 0 Å². The summed E-state index contributed by atoms with van der Waals surface area (Å²) in [5.41, 5.74) is 2.34. The van der Waals surface area contributed by atoms with Gasteiger partial charge in [-0.25, -0.2) is 0 Å². The lowest BCUT2D eigenvalue weighted by atomic mass is 10.0. The SMILES string of the molecule is CCc1cc(CC)c2sc3ccccc3c(=O)c2c1Cl. The fourth-order valence-corrected chi connectivity index (χ4v) is 4.28. The Morgan fingerprint density at radius 3 is 2.50 bits per heavy atom. The topological polar surface area (TPSA) is 17.1 Å². The van der Waals surface area contributed by atoms with Gasteiger partial charge in [0, 0.05) is 14.8 Å². The average molecular weight is 303 g/mol. The van der Waals surface area contributed by atoms with Crippen molar-refractivity contribution < 1.29 is 0 Å². The lowest BCUT2D eigenvalue weighted by Gasteiger charge is -2.11. The molecular formula is C17H15ClOS. The summed E-state index contributed by atoms with van der Waals surface area (Å²) in [7, 11) is 0. The third-order valence-electron chi connectivity index (χ3n) is 3.70. The highest BCUT2D eigenvalue weighted by atomic mass is 35.5. The van der Waals surface area contributed by atoms with E-state index in [0.717, 1.165) is 33.2 Å². The van der Waals surface area contributed by atoms with Gasteiger partial charge >= 0.3 is 0 Å². The van der Waals surface area contributed by atoms with Crippen molar-refractivity contribution >= 4 is 43.1 Å². The number of benzene rings is 2. The Balaban J connectivity index is 2.60. The molecule has 3 rings (SSSR count). The smallest absolute Gasteiger partial charge is 0.197 e. The Labute approximate surface area is 126 Å². The standard InChI is InChI=1S/C17H15ClOS/c1-3-10-9-11(4-2)17-14(15(10)18)16(19)12-7-5-6-8-13(12)20-17/h5-9H,3-4H2,1-2H3. The molecule has 2 aromatic carbocycles. The van der Waals surface area contributed by atoms with Gasteiger partial charge in [-0.2, -0.15) is 0 Å². The number of halogens is 1. The second-order valence-electron chi connectivity index (χ2n) is 4.85. The van der Waals surface area contributed by atoms with Crippen molar-refractivity contribution in [1.82, 2.24) is 0 Å². The van der Waals surface area contributed by atoms with Gasteiger partial charge in [0.15, 0.2) is 5.43 Å². The van der Waals surface area contributed by atoms with E-state index >= 15 is 0 Å². The van der Waals surface area contributed by atoms with Crippen LogP contribution < -0.4 is 5.43 Å². The predicted octanol–water partition coefficient (Wildman–Crippen LogP) is 5.19. The van der Waals surface area contributed by atoms with Gasteiger partial charge in [-0.05, 0) is 36.1 Å². The molecule has 0 unspecified atom stereocenters. The van der Waals surface area contributed by atoms with Gasteiger partial charge in [-0.15, -0.1) is 11.3 Å². The fourth-order valence-electron chi connectivity index (χ4n) is 2.59. The average Bonchev–Trinajstić information content (AvgIpc) is 2.48. The summed E-state index contributed by atoms with van der Waals surface area (Å²) in [6, 6.07) is 9.91. The monoisotopic (exact) mass is 302 g/mol. The first-order valence-corrected chi connectivity index (χ1v) is 8.02. The molecule has 20 heavy (non-hydrogen) atoms. The van der Waals surface area contributed by atoms with E-state index in [1.165, 1.54) is 5.56 Å². The minimum absolute atomic E-state index is 0.0596. The molecule has 0 atom stereocenters. The molecule has 0 spiro atoms. The number of aryl methyl sites for hydroxylation is 2. The van der Waals surface area contributed by atoms with E-state index in [1.54, 1.807) is 11.3 Å². The summed E-state index contributed by atoms with van der Waals surface area (Å²) in [4.78, 5) is 12.8. The Morgan fingerprint density at radius 1 is 1.10 bits per heavy atom. The highest BCUT2D eigenvalue weighted by Crippen LogP contribution is 2.34. The molecule has 3 aromatic rings. The molecule has 0 aliphatic rings. The maximum Gasteiger partial charge on any atom is 0.197 e. The molecule has 0 saturated carbocycles. The van der Waals surface area contributed by atoms with Crippen LogP contribution in [0.15, 0.2) is 35.1 Å². The largest absolute Gasteiger partial charge is 0.288 e. The second kappa shape index (κ2) is 5.19. The van der Waals surface area contributed by atoms with E-state index in [9.17, 15) is 4.79 Å². The number of rotatable bonds is 2. The van der Waals surface area contributed by atoms with Crippen LogP contribution in [0.1, 0.15) is 25.0 Å². The number of hydrogen-bond donors (Lipinski definition) is 0. The Morgan fingerprint density at radius 2 is 1.80 bits per heavy atom. The molecule has 0 radical (unpaired) electrons. The van der Waals surface area contributed by atoms with Crippen molar-refractivity contribution in [2.45, 2.75) is 26.7 Å². The lowest BCUT2D eigenvalue weighted by molar-refractivity contribution is 1.10. The predicted molar refractivity (Wildman–Crippen MR) is 89.4 cm³/mol. The first-order chi connectivity index (χ1) is 9.67. The van der Waals surface area contributed by atoms with Gasteiger partial charge < -0.3 is 0 Å². The zero-order valence-electron chi connectivity index (χ0n) is 11.5. The molecule has 0 amide bonds. The molecular weight excluding hydrogens is 288 g/mol. The molecule has 0 aliphatic heterocycles. The van der Waals surface area contributed by atoms with Crippen molar-refractivity contribution in [3.8, 4) is 0 Å². The van der Waals surface area contributed by atoms with Crippen LogP contribution in [-0.4, -0.2) is 0 Å². The summed E-state index contributed by atoms with van der Waals surface area (Å²) in [6.45, 7) is 4.19. The molecule has 0 N–H and O–H groups in total. The second-order valence-corrected chi connectivity index (χ2v) is 6.28. The Hall–Kier alpha value is -1.38. The van der Waals surface area contributed by atoms with Gasteiger partial charge in [0.2, 0.25) is 0 Å². The van der Waals surface area contributed by atoms with Crippen molar-refractivity contribution in [3.63, 3.8) is 0 Å². The number of hydrogen-bond acceptors (Lipinski definition) is 2. The van der Waals surface area contributed by atoms with Crippen molar-refractivity contribution in [3.05, 3.63) is 56.7 Å². The highest BCUT2D eigenvalue weighted by Gasteiger charge is 2.14. The van der Waals surface area contributed by atoms with Crippen LogP contribution in [0.2, 0.25) is 5.02 Å². The first kappa shape index (κ1) is 13.6. The summed E-state index contributed by atoms with van der Waals surface area (Å²) in [6.07, 6.45) is 1.76. The molecule has 0 saturated heterocycles. The Kier molecular flexibility index (Phi) is 3.53.